The number of aromatic amines is 1. The number of aliphatic carboxylic acids is 1. The van der Waals surface area contributed by atoms with E-state index in [0.717, 1.165) is 4.57 Å². The molecule has 19 nitrogen and oxygen atoms in total. The molecule has 0 saturated carbocycles. The maximum atomic E-state index is 12.8. The molecule has 4 aromatic rings. The van der Waals surface area contributed by atoms with Crippen LogP contribution in [0.15, 0.2) is 52.3 Å². The van der Waals surface area contributed by atoms with Gasteiger partial charge in [-0.1, -0.05) is 0 Å². The zero-order valence-electron chi connectivity index (χ0n) is 24.5. The number of H-pyrrole nitrogens is 1. The number of ether oxygens (including phenoxy) is 1. The summed E-state index contributed by atoms with van der Waals surface area (Å²) in [4.78, 5) is 79.9. The van der Waals surface area contributed by atoms with Crippen LogP contribution in [0.5, 0.6) is 0 Å². The van der Waals surface area contributed by atoms with Crippen molar-refractivity contribution in [3.05, 3.63) is 74.8 Å². The van der Waals surface area contributed by atoms with Crippen molar-refractivity contribution in [2.75, 3.05) is 23.0 Å². The number of fused-ring (bicyclic) bond motifs is 1. The summed E-state index contributed by atoms with van der Waals surface area (Å²) in [6, 6.07) is 6.07. The average molecular weight is 651 g/mol. The molecule has 1 aliphatic heterocycles. The van der Waals surface area contributed by atoms with Crippen molar-refractivity contribution in [3.63, 3.8) is 0 Å². The van der Waals surface area contributed by atoms with Gasteiger partial charge in [0.05, 0.1) is 31.1 Å². The highest BCUT2D eigenvalue weighted by molar-refractivity contribution is 5.97. The Morgan fingerprint density at radius 3 is 2.57 bits per heavy atom. The largest absolute Gasteiger partial charge is 0.480 e. The molecule has 2 amide bonds. The Hall–Kier alpha value is -5.79. The Kier molecular flexibility index (Phi) is 9.78. The molecule has 1 saturated heterocycles. The predicted octanol–water partition coefficient (Wildman–Crippen LogP) is -1.29. The number of rotatable bonds is 12. The van der Waals surface area contributed by atoms with E-state index >= 15 is 0 Å². The zero-order valence-corrected chi connectivity index (χ0v) is 24.5. The number of benzene rings is 1. The van der Waals surface area contributed by atoms with Gasteiger partial charge in [0.2, 0.25) is 11.9 Å². The Bertz CT molecular complexity index is 1910. The summed E-state index contributed by atoms with van der Waals surface area (Å²) in [5.74, 6) is -2.82. The first-order valence-electron chi connectivity index (χ1n) is 14.2. The van der Waals surface area contributed by atoms with Crippen molar-refractivity contribution in [2.24, 2.45) is 0 Å². The fourth-order valence-electron chi connectivity index (χ4n) is 4.72. The van der Waals surface area contributed by atoms with Gasteiger partial charge in [0, 0.05) is 30.3 Å². The van der Waals surface area contributed by atoms with Gasteiger partial charge in [-0.3, -0.25) is 23.9 Å². The minimum atomic E-state index is -1.39. The normalized spacial score (nSPS) is 18.0. The number of amides is 2. The number of nitrogens with one attached hydrogen (secondary N) is 4. The van der Waals surface area contributed by atoms with Crippen LogP contribution < -0.4 is 32.9 Å². The number of carboxylic acids is 1. The third-order valence-corrected chi connectivity index (χ3v) is 7.16. The summed E-state index contributed by atoms with van der Waals surface area (Å²) in [5.41, 5.74) is 5.59. The number of hydrogen-bond donors (Lipinski definition) is 8. The quantitative estimate of drug-likeness (QED) is 0.0884. The number of carbonyl (C=O) groups is 3. The van der Waals surface area contributed by atoms with Gasteiger partial charge in [0.25, 0.3) is 11.5 Å². The summed E-state index contributed by atoms with van der Waals surface area (Å²) in [6.07, 6.45) is -0.354. The van der Waals surface area contributed by atoms with E-state index in [0.29, 0.717) is 11.4 Å². The molecule has 9 N–H and O–H groups in total. The van der Waals surface area contributed by atoms with Crippen LogP contribution in [0, 0.1) is 0 Å². The van der Waals surface area contributed by atoms with Crippen LogP contribution in [-0.4, -0.2) is 87.4 Å². The SMILES string of the molecule is Nc1nc2ncc(CNc3ccc(C(=O)N[C@@H](CCC(=O)Nc4ccn([C@H]5C[C@H](O)[C@@H](CO)O5)c(=O)n4)C(=O)O)cc3)nc2c(=O)[nH]1. The molecule has 0 aliphatic carbocycles. The maximum absolute atomic E-state index is 12.8. The van der Waals surface area contributed by atoms with Crippen molar-refractivity contribution in [1.82, 2.24) is 34.8 Å². The van der Waals surface area contributed by atoms with Gasteiger partial charge < -0.3 is 41.7 Å². The molecular weight excluding hydrogens is 620 g/mol. The predicted molar refractivity (Wildman–Crippen MR) is 163 cm³/mol. The first-order chi connectivity index (χ1) is 22.5. The number of carboxylic acid groups (broad SMARTS) is 1. The van der Waals surface area contributed by atoms with Crippen molar-refractivity contribution in [2.45, 2.75) is 50.3 Å². The number of nitrogens with zero attached hydrogens (tertiary/aromatic N) is 5. The molecule has 0 unspecified atom stereocenters. The Morgan fingerprint density at radius 1 is 1.13 bits per heavy atom. The number of aliphatic hydroxyl groups is 2. The van der Waals surface area contributed by atoms with Crippen LogP contribution >= 0.6 is 0 Å². The zero-order chi connectivity index (χ0) is 33.7. The van der Waals surface area contributed by atoms with Gasteiger partial charge in [-0.2, -0.15) is 9.97 Å². The lowest BCUT2D eigenvalue weighted by molar-refractivity contribution is -0.139. The molecule has 246 valence electrons. The van der Waals surface area contributed by atoms with Gasteiger partial charge in [-0.05, 0) is 36.8 Å². The minimum Gasteiger partial charge on any atom is -0.480 e. The van der Waals surface area contributed by atoms with Crippen molar-refractivity contribution in [3.8, 4) is 0 Å². The van der Waals surface area contributed by atoms with Gasteiger partial charge in [0.1, 0.15) is 24.2 Å². The van der Waals surface area contributed by atoms with E-state index in [1.54, 1.807) is 12.1 Å². The second-order valence-corrected chi connectivity index (χ2v) is 10.5. The fraction of sp³-hybridized carbons (Fsp3) is 0.321. The number of nitrogen functional groups attached to an aromatic ring is 1. The summed E-state index contributed by atoms with van der Waals surface area (Å²) < 4.78 is 6.55. The first kappa shape index (κ1) is 32.6. The van der Waals surface area contributed by atoms with Gasteiger partial charge in [-0.15, -0.1) is 0 Å². The lowest BCUT2D eigenvalue weighted by Gasteiger charge is -2.15. The number of anilines is 3. The van der Waals surface area contributed by atoms with Gasteiger partial charge in [-0.25, -0.2) is 19.6 Å². The molecule has 4 atom stereocenters. The molecular formula is C28H30N10O9. The van der Waals surface area contributed by atoms with Crippen LogP contribution in [0.3, 0.4) is 0 Å². The van der Waals surface area contributed by atoms with E-state index in [-0.39, 0.29) is 54.3 Å². The second kappa shape index (κ2) is 14.1. The number of nitrogens with two attached hydrogens (primary N) is 1. The molecule has 0 radical (unpaired) electrons. The third kappa shape index (κ3) is 7.90. The average Bonchev–Trinajstić information content (AvgIpc) is 3.42. The summed E-state index contributed by atoms with van der Waals surface area (Å²) in [6.45, 7) is -0.221. The van der Waals surface area contributed by atoms with Crippen LogP contribution in [-0.2, 0) is 20.9 Å². The van der Waals surface area contributed by atoms with Crippen LogP contribution in [0.25, 0.3) is 11.2 Å². The van der Waals surface area contributed by atoms with Crippen molar-refractivity contribution >= 4 is 46.4 Å². The minimum absolute atomic E-state index is 0.0347. The lowest BCUT2D eigenvalue weighted by atomic mass is 10.1. The third-order valence-electron chi connectivity index (χ3n) is 7.16. The highest BCUT2D eigenvalue weighted by atomic mass is 16.5. The number of carbonyl (C=O) groups excluding carboxylic acids is 2. The van der Waals surface area contributed by atoms with Crippen molar-refractivity contribution < 1.29 is 34.4 Å². The summed E-state index contributed by atoms with van der Waals surface area (Å²) >= 11 is 0. The standard InChI is InChI=1S/C28H30N10O9/c29-27-36-23-22(25(43)37-27)32-15(11-31-23)10-30-14-3-1-13(2-4-14)24(42)33-16(26(44)45)5-6-20(41)34-19-7-8-38(28(46)35-19)21-9-17(40)18(12-39)47-21/h1-4,7-8,11,16-18,21,30,39-40H,5-6,9-10,12H2,(H,33,42)(H,44,45)(H,34,35,41,46)(H3,29,31,36,37,43)/t16-,17-,18+,21+/m0/s1. The smallest absolute Gasteiger partial charge is 0.351 e. The molecule has 1 aliphatic rings. The number of aliphatic hydroxyl groups excluding tert-OH is 2. The highest BCUT2D eigenvalue weighted by Gasteiger charge is 2.35. The molecule has 19 heteroatoms. The molecule has 47 heavy (non-hydrogen) atoms. The topological polar surface area (TPSA) is 290 Å². The van der Waals surface area contributed by atoms with E-state index in [2.05, 4.69) is 40.9 Å². The van der Waals surface area contributed by atoms with E-state index in [1.807, 2.05) is 0 Å². The van der Waals surface area contributed by atoms with Crippen LogP contribution in [0.2, 0.25) is 0 Å². The van der Waals surface area contributed by atoms with E-state index in [4.69, 9.17) is 10.5 Å². The maximum Gasteiger partial charge on any atom is 0.351 e. The van der Waals surface area contributed by atoms with Gasteiger partial charge in [0.15, 0.2) is 11.2 Å². The second-order valence-electron chi connectivity index (χ2n) is 10.5. The van der Waals surface area contributed by atoms with Crippen molar-refractivity contribution in [1.29, 1.82) is 0 Å². The van der Waals surface area contributed by atoms with Gasteiger partial charge >= 0.3 is 11.7 Å². The van der Waals surface area contributed by atoms with E-state index in [1.165, 1.54) is 30.6 Å². The molecule has 5 rings (SSSR count). The first-order valence-corrected chi connectivity index (χ1v) is 14.2. The molecule has 4 heterocycles. The number of aromatic nitrogens is 6. The summed E-state index contributed by atoms with van der Waals surface area (Å²) in [7, 11) is 0. The fourth-order valence-corrected chi connectivity index (χ4v) is 4.72. The molecule has 3 aromatic heterocycles. The Balaban J connectivity index is 1.11. The molecule has 0 spiro atoms. The Labute approximate surface area is 263 Å². The highest BCUT2D eigenvalue weighted by Crippen LogP contribution is 2.27. The monoisotopic (exact) mass is 650 g/mol. The summed E-state index contributed by atoms with van der Waals surface area (Å²) in [5, 5.41) is 36.6. The lowest BCUT2D eigenvalue weighted by Crippen LogP contribution is -2.41. The van der Waals surface area contributed by atoms with E-state index in [9.17, 15) is 39.3 Å². The van der Waals surface area contributed by atoms with Crippen LogP contribution in [0.1, 0.15) is 41.5 Å². The Morgan fingerprint density at radius 2 is 1.89 bits per heavy atom. The van der Waals surface area contributed by atoms with Crippen LogP contribution in [0.4, 0.5) is 17.5 Å². The number of hydrogen-bond acceptors (Lipinski definition) is 14. The molecule has 1 fully saturated rings. The van der Waals surface area contributed by atoms with E-state index < -0.39 is 60.1 Å². The molecule has 1 aromatic carbocycles. The molecule has 0 bridgehead atoms.